The average molecular weight is 355 g/mol. The van der Waals surface area contributed by atoms with Gasteiger partial charge in [0.1, 0.15) is 0 Å². The van der Waals surface area contributed by atoms with Gasteiger partial charge in [0.15, 0.2) is 0 Å². The van der Waals surface area contributed by atoms with Crippen molar-refractivity contribution in [3.63, 3.8) is 0 Å². The highest BCUT2D eigenvalue weighted by Crippen LogP contribution is 2.30. The monoisotopic (exact) mass is 355 g/mol. The molecule has 0 radical (unpaired) electrons. The van der Waals surface area contributed by atoms with Crippen molar-refractivity contribution in [2.24, 2.45) is 0 Å². The number of carbonyl (C=O) groups excluding carboxylic acids is 1. The van der Waals surface area contributed by atoms with Gasteiger partial charge >= 0.3 is 0 Å². The van der Waals surface area contributed by atoms with Gasteiger partial charge in [0.05, 0.1) is 16.5 Å². The molecule has 1 N–H and O–H groups in total. The molecule has 2 aromatic carbocycles. The third-order valence-corrected chi connectivity index (χ3v) is 5.54. The summed E-state index contributed by atoms with van der Waals surface area (Å²) in [6.45, 7) is 2.50. The van der Waals surface area contributed by atoms with Crippen LogP contribution in [0.5, 0.6) is 0 Å². The van der Waals surface area contributed by atoms with Crippen LogP contribution in [0.2, 0.25) is 0 Å². The lowest BCUT2D eigenvalue weighted by atomic mass is 10.0. The highest BCUT2D eigenvalue weighted by Gasteiger charge is 2.23. The van der Waals surface area contributed by atoms with E-state index in [1.165, 1.54) is 24.3 Å². The summed E-state index contributed by atoms with van der Waals surface area (Å²) in [5.74, 6) is 0.0842. The molecule has 0 aliphatic carbocycles. The molecule has 2 aromatic rings. The quantitative estimate of drug-likeness (QED) is 0.913. The Morgan fingerprint density at radius 3 is 2.52 bits per heavy atom. The largest absolute Gasteiger partial charge is 0.312 e. The molecule has 0 atom stereocenters. The molecule has 0 fully saturated rings. The Bertz CT molecular complexity index is 960. The van der Waals surface area contributed by atoms with Crippen LogP contribution in [0.3, 0.4) is 0 Å². The number of rotatable bonds is 4. The molecule has 6 nitrogen and oxygen atoms in total. The smallest absolute Gasteiger partial charge is 0.261 e. The lowest BCUT2D eigenvalue weighted by Gasteiger charge is -2.28. The molecule has 1 heterocycles. The topological polar surface area (TPSA) is 90.3 Å². The summed E-state index contributed by atoms with van der Waals surface area (Å²) >= 11 is 0. The van der Waals surface area contributed by atoms with Gasteiger partial charge in [-0.15, -0.1) is 0 Å². The third-order valence-electron chi connectivity index (χ3n) is 4.14. The second-order valence-corrected chi connectivity index (χ2v) is 7.41. The van der Waals surface area contributed by atoms with E-state index in [0.717, 1.165) is 11.3 Å². The van der Waals surface area contributed by atoms with Crippen LogP contribution >= 0.6 is 0 Å². The summed E-state index contributed by atoms with van der Waals surface area (Å²) in [5, 5.41) is 8.80. The van der Waals surface area contributed by atoms with Crippen molar-refractivity contribution in [3.05, 3.63) is 53.6 Å². The first kappa shape index (κ1) is 17.0. The van der Waals surface area contributed by atoms with E-state index in [9.17, 15) is 13.2 Å². The van der Waals surface area contributed by atoms with Gasteiger partial charge in [-0.05, 0) is 61.4 Å². The van der Waals surface area contributed by atoms with Crippen molar-refractivity contribution in [2.45, 2.75) is 24.7 Å². The first-order chi connectivity index (χ1) is 11.9. The van der Waals surface area contributed by atoms with Crippen LogP contribution in [0, 0.1) is 11.3 Å². The normalized spacial score (nSPS) is 13.9. The number of hydrogen-bond donors (Lipinski definition) is 1. The van der Waals surface area contributed by atoms with Crippen LogP contribution in [0.1, 0.15) is 24.5 Å². The van der Waals surface area contributed by atoms with Gasteiger partial charge in [-0.2, -0.15) is 5.26 Å². The zero-order valence-corrected chi connectivity index (χ0v) is 14.5. The Morgan fingerprint density at radius 1 is 1.16 bits per heavy atom. The number of benzene rings is 2. The Hall–Kier alpha value is -2.85. The standard InChI is InChI=1S/C18H17N3O3S/c1-2-21-17-9-6-15(11-14(17)5-10-18(21)22)20-25(23,24)16-7-3-13(12-19)4-8-16/h3-4,6-9,11,20H,2,5,10H2,1H3. The molecule has 0 saturated carbocycles. The highest BCUT2D eigenvalue weighted by atomic mass is 32.2. The lowest BCUT2D eigenvalue weighted by molar-refractivity contribution is -0.118. The first-order valence-electron chi connectivity index (χ1n) is 7.91. The Morgan fingerprint density at radius 2 is 1.88 bits per heavy atom. The molecule has 0 aromatic heterocycles. The molecule has 0 saturated heterocycles. The average Bonchev–Trinajstić information content (AvgIpc) is 2.61. The van der Waals surface area contributed by atoms with Crippen molar-refractivity contribution in [1.29, 1.82) is 5.26 Å². The number of nitrogens with one attached hydrogen (secondary N) is 1. The number of carbonyl (C=O) groups is 1. The van der Waals surface area contributed by atoms with Crippen molar-refractivity contribution in [1.82, 2.24) is 0 Å². The molecule has 0 unspecified atom stereocenters. The zero-order chi connectivity index (χ0) is 18.0. The molecule has 1 amide bonds. The number of nitriles is 1. The fourth-order valence-corrected chi connectivity index (χ4v) is 3.94. The van der Waals surface area contributed by atoms with E-state index in [0.29, 0.717) is 30.6 Å². The van der Waals surface area contributed by atoms with Gasteiger partial charge in [0.25, 0.3) is 10.0 Å². The van der Waals surface area contributed by atoms with Crippen LogP contribution in [-0.2, 0) is 21.2 Å². The molecular weight excluding hydrogens is 338 g/mol. The number of hydrogen-bond acceptors (Lipinski definition) is 4. The van der Waals surface area contributed by atoms with Gasteiger partial charge < -0.3 is 4.90 Å². The minimum Gasteiger partial charge on any atom is -0.312 e. The van der Waals surface area contributed by atoms with Crippen molar-refractivity contribution in [3.8, 4) is 6.07 Å². The minimum absolute atomic E-state index is 0.0842. The van der Waals surface area contributed by atoms with Crippen molar-refractivity contribution >= 4 is 27.3 Å². The predicted octanol–water partition coefficient (Wildman–Crippen LogP) is 2.66. The summed E-state index contributed by atoms with van der Waals surface area (Å²) in [5.41, 5.74) is 2.63. The van der Waals surface area contributed by atoms with Gasteiger partial charge in [0.2, 0.25) is 5.91 Å². The van der Waals surface area contributed by atoms with Gasteiger partial charge in [-0.1, -0.05) is 0 Å². The minimum atomic E-state index is -3.73. The van der Waals surface area contributed by atoms with E-state index in [4.69, 9.17) is 5.26 Å². The van der Waals surface area contributed by atoms with Crippen molar-refractivity contribution < 1.29 is 13.2 Å². The van der Waals surface area contributed by atoms with Gasteiger partial charge in [0, 0.05) is 24.3 Å². The molecule has 0 bridgehead atoms. The molecule has 7 heteroatoms. The number of sulfonamides is 1. The molecule has 128 valence electrons. The second kappa shape index (κ2) is 6.57. The van der Waals surface area contributed by atoms with Gasteiger partial charge in [-0.3, -0.25) is 9.52 Å². The van der Waals surface area contributed by atoms with Crippen LogP contribution < -0.4 is 9.62 Å². The molecule has 25 heavy (non-hydrogen) atoms. The Balaban J connectivity index is 1.88. The number of nitrogens with zero attached hydrogens (tertiary/aromatic N) is 2. The third kappa shape index (κ3) is 3.35. The summed E-state index contributed by atoms with van der Waals surface area (Å²) in [7, 11) is -3.73. The maximum atomic E-state index is 12.5. The summed E-state index contributed by atoms with van der Waals surface area (Å²) in [6, 6.07) is 12.9. The maximum Gasteiger partial charge on any atom is 0.261 e. The van der Waals surface area contributed by atoms with Crippen LogP contribution in [0.15, 0.2) is 47.4 Å². The molecular formula is C18H17N3O3S. The van der Waals surface area contributed by atoms with E-state index in [2.05, 4.69) is 4.72 Å². The second-order valence-electron chi connectivity index (χ2n) is 5.72. The van der Waals surface area contributed by atoms with E-state index >= 15 is 0 Å². The lowest BCUT2D eigenvalue weighted by Crippen LogP contribution is -2.34. The Labute approximate surface area is 146 Å². The summed E-state index contributed by atoms with van der Waals surface area (Å²) < 4.78 is 27.5. The predicted molar refractivity (Wildman–Crippen MR) is 94.8 cm³/mol. The summed E-state index contributed by atoms with van der Waals surface area (Å²) in [4.78, 5) is 13.7. The Kier molecular flexibility index (Phi) is 4.47. The number of amides is 1. The molecule has 3 rings (SSSR count). The summed E-state index contributed by atoms with van der Waals surface area (Å²) in [6.07, 6.45) is 1.02. The van der Waals surface area contributed by atoms with E-state index < -0.39 is 10.0 Å². The van der Waals surface area contributed by atoms with E-state index in [1.807, 2.05) is 13.0 Å². The maximum absolute atomic E-state index is 12.5. The molecule has 1 aliphatic heterocycles. The van der Waals surface area contributed by atoms with Gasteiger partial charge in [-0.25, -0.2) is 8.42 Å². The highest BCUT2D eigenvalue weighted by molar-refractivity contribution is 7.92. The van der Waals surface area contributed by atoms with Crippen molar-refractivity contribution in [2.75, 3.05) is 16.2 Å². The zero-order valence-electron chi connectivity index (χ0n) is 13.7. The van der Waals surface area contributed by atoms with Crippen LogP contribution in [-0.4, -0.2) is 20.9 Å². The molecule has 1 aliphatic rings. The number of aryl methyl sites for hydroxylation is 1. The van der Waals surface area contributed by atoms with E-state index in [1.54, 1.807) is 23.1 Å². The van der Waals surface area contributed by atoms with Crippen LogP contribution in [0.4, 0.5) is 11.4 Å². The number of anilines is 2. The first-order valence-corrected chi connectivity index (χ1v) is 9.39. The number of fused-ring (bicyclic) bond motifs is 1. The molecule has 0 spiro atoms. The SMILES string of the molecule is CCN1C(=O)CCc2cc(NS(=O)(=O)c3ccc(C#N)cc3)ccc21. The fourth-order valence-electron chi connectivity index (χ4n) is 2.89. The fraction of sp³-hybridized carbons (Fsp3) is 0.222. The van der Waals surface area contributed by atoms with E-state index in [-0.39, 0.29) is 10.8 Å². The van der Waals surface area contributed by atoms with Crippen LogP contribution in [0.25, 0.3) is 0 Å².